The molecule has 0 aromatic heterocycles. The zero-order valence-electron chi connectivity index (χ0n) is 12.2. The van der Waals surface area contributed by atoms with Crippen molar-refractivity contribution in [2.24, 2.45) is 0 Å². The van der Waals surface area contributed by atoms with Gasteiger partial charge < -0.3 is 10.1 Å². The first kappa shape index (κ1) is 16.0. The molecule has 0 spiro atoms. The SMILES string of the molecule is CCNC(Cc1ccc(F)cc1)c1ccc(OC)cc1Br. The fourth-order valence-corrected chi connectivity index (χ4v) is 2.95. The number of methoxy groups -OCH3 is 1. The van der Waals surface area contributed by atoms with E-state index in [0.29, 0.717) is 0 Å². The summed E-state index contributed by atoms with van der Waals surface area (Å²) in [6.45, 7) is 2.94. The summed E-state index contributed by atoms with van der Waals surface area (Å²) in [5.41, 5.74) is 2.27. The Morgan fingerprint density at radius 1 is 1.19 bits per heavy atom. The highest BCUT2D eigenvalue weighted by molar-refractivity contribution is 9.10. The molecule has 2 nitrogen and oxygen atoms in total. The van der Waals surface area contributed by atoms with E-state index in [0.717, 1.165) is 28.8 Å². The molecule has 0 aliphatic heterocycles. The predicted octanol–water partition coefficient (Wildman–Crippen LogP) is 4.49. The largest absolute Gasteiger partial charge is 0.497 e. The number of benzene rings is 2. The van der Waals surface area contributed by atoms with Gasteiger partial charge in [0.25, 0.3) is 0 Å². The highest BCUT2D eigenvalue weighted by Gasteiger charge is 2.15. The minimum atomic E-state index is -0.204. The number of hydrogen-bond acceptors (Lipinski definition) is 2. The fraction of sp³-hybridized carbons (Fsp3) is 0.294. The van der Waals surface area contributed by atoms with Crippen molar-refractivity contribution >= 4 is 15.9 Å². The molecule has 4 heteroatoms. The Bertz CT molecular complexity index is 586. The molecule has 0 saturated carbocycles. The Kier molecular flexibility index (Phi) is 5.76. The van der Waals surface area contributed by atoms with Crippen LogP contribution >= 0.6 is 15.9 Å². The Hall–Kier alpha value is -1.39. The van der Waals surface area contributed by atoms with E-state index in [4.69, 9.17) is 4.74 Å². The van der Waals surface area contributed by atoms with Gasteiger partial charge in [-0.3, -0.25) is 0 Å². The lowest BCUT2D eigenvalue weighted by Crippen LogP contribution is -2.23. The summed E-state index contributed by atoms with van der Waals surface area (Å²) in [5, 5.41) is 3.48. The molecule has 1 unspecified atom stereocenters. The molecule has 1 N–H and O–H groups in total. The predicted molar refractivity (Wildman–Crippen MR) is 87.2 cm³/mol. The first-order chi connectivity index (χ1) is 10.1. The van der Waals surface area contributed by atoms with Gasteiger partial charge in [-0.15, -0.1) is 0 Å². The van der Waals surface area contributed by atoms with Gasteiger partial charge in [0.15, 0.2) is 0 Å². The highest BCUT2D eigenvalue weighted by Crippen LogP contribution is 2.29. The fourth-order valence-electron chi connectivity index (χ4n) is 2.31. The molecule has 2 aromatic rings. The van der Waals surface area contributed by atoms with Crippen LogP contribution in [0.2, 0.25) is 0 Å². The average molecular weight is 352 g/mol. The second-order valence-electron chi connectivity index (χ2n) is 4.83. The minimum absolute atomic E-state index is 0.167. The molecule has 0 fully saturated rings. The molecule has 2 rings (SSSR count). The summed E-state index contributed by atoms with van der Waals surface area (Å²) in [5.74, 6) is 0.618. The van der Waals surface area contributed by atoms with Crippen LogP contribution in [-0.2, 0) is 6.42 Å². The van der Waals surface area contributed by atoms with Gasteiger partial charge >= 0.3 is 0 Å². The molecule has 0 saturated heterocycles. The smallest absolute Gasteiger partial charge is 0.123 e. The average Bonchev–Trinajstić information content (AvgIpc) is 2.49. The van der Waals surface area contributed by atoms with E-state index in [1.54, 1.807) is 7.11 Å². The van der Waals surface area contributed by atoms with Gasteiger partial charge in [-0.05, 0) is 48.4 Å². The maximum Gasteiger partial charge on any atom is 0.123 e. The van der Waals surface area contributed by atoms with Crippen LogP contribution in [-0.4, -0.2) is 13.7 Å². The van der Waals surface area contributed by atoms with Crippen molar-refractivity contribution < 1.29 is 9.13 Å². The number of nitrogens with one attached hydrogen (secondary N) is 1. The van der Waals surface area contributed by atoms with Gasteiger partial charge in [-0.25, -0.2) is 4.39 Å². The summed E-state index contributed by atoms with van der Waals surface area (Å²) >= 11 is 3.60. The van der Waals surface area contributed by atoms with Gasteiger partial charge in [0.1, 0.15) is 11.6 Å². The third-order valence-corrected chi connectivity index (χ3v) is 4.07. The lowest BCUT2D eigenvalue weighted by Gasteiger charge is -2.20. The van der Waals surface area contributed by atoms with E-state index >= 15 is 0 Å². The van der Waals surface area contributed by atoms with Crippen molar-refractivity contribution in [3.05, 3.63) is 63.9 Å². The standard InChI is InChI=1S/C17H19BrFNO/c1-3-20-17(10-12-4-6-13(19)7-5-12)15-9-8-14(21-2)11-16(15)18/h4-9,11,17,20H,3,10H2,1-2H3. The van der Waals surface area contributed by atoms with Gasteiger partial charge in [-0.1, -0.05) is 41.1 Å². The van der Waals surface area contributed by atoms with Crippen molar-refractivity contribution in [1.82, 2.24) is 5.32 Å². The Labute approximate surface area is 133 Å². The normalized spacial score (nSPS) is 12.2. The molecule has 0 radical (unpaired) electrons. The molecule has 0 amide bonds. The monoisotopic (exact) mass is 351 g/mol. The lowest BCUT2D eigenvalue weighted by atomic mass is 9.98. The second kappa shape index (κ2) is 7.57. The Morgan fingerprint density at radius 2 is 1.90 bits per heavy atom. The third kappa shape index (κ3) is 4.29. The van der Waals surface area contributed by atoms with E-state index in [-0.39, 0.29) is 11.9 Å². The van der Waals surface area contributed by atoms with Crippen molar-refractivity contribution in [2.45, 2.75) is 19.4 Å². The van der Waals surface area contributed by atoms with E-state index < -0.39 is 0 Å². The lowest BCUT2D eigenvalue weighted by molar-refractivity contribution is 0.414. The molecule has 2 aromatic carbocycles. The maximum atomic E-state index is 13.0. The summed E-state index contributed by atoms with van der Waals surface area (Å²) < 4.78 is 19.2. The quantitative estimate of drug-likeness (QED) is 0.827. The highest BCUT2D eigenvalue weighted by atomic mass is 79.9. The number of likely N-dealkylation sites (N-methyl/N-ethyl adjacent to an activating group) is 1. The first-order valence-corrected chi connectivity index (χ1v) is 7.74. The molecular weight excluding hydrogens is 333 g/mol. The van der Waals surface area contributed by atoms with Gasteiger partial charge in [-0.2, -0.15) is 0 Å². The second-order valence-corrected chi connectivity index (χ2v) is 5.68. The third-order valence-electron chi connectivity index (χ3n) is 3.39. The van der Waals surface area contributed by atoms with E-state index in [9.17, 15) is 4.39 Å². The van der Waals surface area contributed by atoms with Crippen LogP contribution in [0.1, 0.15) is 24.1 Å². The molecular formula is C17H19BrFNO. The van der Waals surface area contributed by atoms with Crippen LogP contribution in [0.5, 0.6) is 5.75 Å². The van der Waals surface area contributed by atoms with Gasteiger partial charge in [0.2, 0.25) is 0 Å². The van der Waals surface area contributed by atoms with Crippen molar-refractivity contribution in [2.75, 3.05) is 13.7 Å². The zero-order valence-corrected chi connectivity index (χ0v) is 13.8. The molecule has 21 heavy (non-hydrogen) atoms. The zero-order chi connectivity index (χ0) is 15.2. The van der Waals surface area contributed by atoms with E-state index in [1.807, 2.05) is 24.3 Å². The molecule has 1 atom stereocenters. The molecule has 0 bridgehead atoms. The molecule has 0 heterocycles. The van der Waals surface area contributed by atoms with Crippen LogP contribution in [0.15, 0.2) is 46.9 Å². The summed E-state index contributed by atoms with van der Waals surface area (Å²) in [7, 11) is 1.65. The molecule has 112 valence electrons. The molecule has 0 aliphatic rings. The van der Waals surface area contributed by atoms with Crippen LogP contribution in [0.4, 0.5) is 4.39 Å². The van der Waals surface area contributed by atoms with E-state index in [2.05, 4.69) is 34.2 Å². The molecule has 0 aliphatic carbocycles. The topological polar surface area (TPSA) is 21.3 Å². The first-order valence-electron chi connectivity index (χ1n) is 6.95. The number of hydrogen-bond donors (Lipinski definition) is 1. The van der Waals surface area contributed by atoms with Gasteiger partial charge in [0.05, 0.1) is 7.11 Å². The van der Waals surface area contributed by atoms with Gasteiger partial charge in [0, 0.05) is 10.5 Å². The van der Waals surface area contributed by atoms with Crippen LogP contribution in [0.25, 0.3) is 0 Å². The number of ether oxygens (including phenoxy) is 1. The maximum absolute atomic E-state index is 13.0. The Morgan fingerprint density at radius 3 is 2.48 bits per heavy atom. The summed E-state index contributed by atoms with van der Waals surface area (Å²) in [6, 6.07) is 12.8. The van der Waals surface area contributed by atoms with Crippen molar-refractivity contribution in [3.8, 4) is 5.75 Å². The minimum Gasteiger partial charge on any atom is -0.497 e. The van der Waals surface area contributed by atoms with Crippen molar-refractivity contribution in [3.63, 3.8) is 0 Å². The summed E-state index contributed by atoms with van der Waals surface area (Å²) in [6.07, 6.45) is 0.805. The van der Waals surface area contributed by atoms with Crippen LogP contribution < -0.4 is 10.1 Å². The van der Waals surface area contributed by atoms with Crippen molar-refractivity contribution in [1.29, 1.82) is 0 Å². The van der Waals surface area contributed by atoms with Crippen LogP contribution in [0.3, 0.4) is 0 Å². The Balaban J connectivity index is 2.24. The van der Waals surface area contributed by atoms with Crippen LogP contribution in [0, 0.1) is 5.82 Å². The summed E-state index contributed by atoms with van der Waals surface area (Å²) in [4.78, 5) is 0. The number of halogens is 2. The van der Waals surface area contributed by atoms with E-state index in [1.165, 1.54) is 17.7 Å². The number of rotatable bonds is 6.